The zero-order valence-electron chi connectivity index (χ0n) is 10.4. The van der Waals surface area contributed by atoms with E-state index in [-0.39, 0.29) is 6.10 Å². The number of aliphatic hydroxyl groups is 1. The highest BCUT2D eigenvalue weighted by atomic mass is 16.3. The van der Waals surface area contributed by atoms with Crippen molar-refractivity contribution in [3.05, 3.63) is 0 Å². The van der Waals surface area contributed by atoms with E-state index in [0.717, 1.165) is 19.5 Å². The summed E-state index contributed by atoms with van der Waals surface area (Å²) in [6.45, 7) is 9.64. The lowest BCUT2D eigenvalue weighted by molar-refractivity contribution is 0.136. The standard InChI is InChI=1S/C12H26N2O/c1-10(2)14(8-6-11(3)15)9-12-5-4-7-13-12/h10-13,15H,4-9H2,1-3H3. The molecule has 1 saturated heterocycles. The molecule has 1 aliphatic heterocycles. The van der Waals surface area contributed by atoms with Gasteiger partial charge in [0.05, 0.1) is 6.10 Å². The van der Waals surface area contributed by atoms with Crippen molar-refractivity contribution in [3.8, 4) is 0 Å². The molecule has 0 spiro atoms. The molecule has 0 aliphatic carbocycles. The minimum Gasteiger partial charge on any atom is -0.393 e. The highest BCUT2D eigenvalue weighted by molar-refractivity contribution is 4.79. The molecule has 0 aromatic carbocycles. The number of hydrogen-bond acceptors (Lipinski definition) is 3. The van der Waals surface area contributed by atoms with E-state index in [2.05, 4.69) is 24.1 Å². The van der Waals surface area contributed by atoms with Crippen molar-refractivity contribution in [2.24, 2.45) is 0 Å². The van der Waals surface area contributed by atoms with Crippen LogP contribution in [-0.4, -0.2) is 47.8 Å². The average Bonchev–Trinajstić information content (AvgIpc) is 2.63. The summed E-state index contributed by atoms with van der Waals surface area (Å²) in [5.41, 5.74) is 0. The van der Waals surface area contributed by atoms with Crippen molar-refractivity contribution in [1.82, 2.24) is 10.2 Å². The van der Waals surface area contributed by atoms with Crippen LogP contribution < -0.4 is 5.32 Å². The second-order valence-electron chi connectivity index (χ2n) is 5.02. The van der Waals surface area contributed by atoms with E-state index in [4.69, 9.17) is 0 Å². The van der Waals surface area contributed by atoms with Gasteiger partial charge in [-0.25, -0.2) is 0 Å². The monoisotopic (exact) mass is 214 g/mol. The Morgan fingerprint density at radius 3 is 2.60 bits per heavy atom. The molecule has 1 fully saturated rings. The molecule has 15 heavy (non-hydrogen) atoms. The lowest BCUT2D eigenvalue weighted by Gasteiger charge is -2.29. The number of nitrogens with zero attached hydrogens (tertiary/aromatic N) is 1. The number of aliphatic hydroxyl groups excluding tert-OH is 1. The summed E-state index contributed by atoms with van der Waals surface area (Å²) < 4.78 is 0. The zero-order chi connectivity index (χ0) is 11.3. The van der Waals surface area contributed by atoms with E-state index in [0.29, 0.717) is 12.1 Å². The van der Waals surface area contributed by atoms with Gasteiger partial charge in [-0.3, -0.25) is 4.90 Å². The molecule has 0 aromatic rings. The number of nitrogens with one attached hydrogen (secondary N) is 1. The third kappa shape index (κ3) is 4.96. The molecule has 1 aliphatic rings. The summed E-state index contributed by atoms with van der Waals surface area (Å²) in [7, 11) is 0. The normalized spacial score (nSPS) is 24.0. The first-order valence-electron chi connectivity index (χ1n) is 6.25. The molecular formula is C12H26N2O. The van der Waals surface area contributed by atoms with Crippen LogP contribution in [0, 0.1) is 0 Å². The fourth-order valence-electron chi connectivity index (χ4n) is 2.11. The third-order valence-electron chi connectivity index (χ3n) is 3.18. The van der Waals surface area contributed by atoms with Crippen LogP contribution in [0.2, 0.25) is 0 Å². The maximum Gasteiger partial charge on any atom is 0.0524 e. The van der Waals surface area contributed by atoms with Gasteiger partial charge in [-0.2, -0.15) is 0 Å². The Morgan fingerprint density at radius 1 is 1.40 bits per heavy atom. The smallest absolute Gasteiger partial charge is 0.0524 e. The highest BCUT2D eigenvalue weighted by Gasteiger charge is 2.19. The maximum atomic E-state index is 9.30. The van der Waals surface area contributed by atoms with Crippen molar-refractivity contribution in [2.75, 3.05) is 19.6 Å². The van der Waals surface area contributed by atoms with E-state index in [9.17, 15) is 5.11 Å². The first kappa shape index (κ1) is 12.9. The van der Waals surface area contributed by atoms with Crippen LogP contribution in [0.3, 0.4) is 0 Å². The van der Waals surface area contributed by atoms with Crippen molar-refractivity contribution >= 4 is 0 Å². The zero-order valence-corrected chi connectivity index (χ0v) is 10.4. The minimum absolute atomic E-state index is 0.178. The largest absolute Gasteiger partial charge is 0.393 e. The summed E-state index contributed by atoms with van der Waals surface area (Å²) >= 11 is 0. The van der Waals surface area contributed by atoms with Gasteiger partial charge in [0.1, 0.15) is 0 Å². The molecule has 2 unspecified atom stereocenters. The molecule has 3 heteroatoms. The number of rotatable bonds is 6. The van der Waals surface area contributed by atoms with E-state index in [1.54, 1.807) is 0 Å². The van der Waals surface area contributed by atoms with Crippen molar-refractivity contribution in [3.63, 3.8) is 0 Å². The van der Waals surface area contributed by atoms with Crippen LogP contribution in [-0.2, 0) is 0 Å². The SMILES string of the molecule is CC(O)CCN(CC1CCCN1)C(C)C. The summed E-state index contributed by atoms with van der Waals surface area (Å²) in [6.07, 6.45) is 3.32. The van der Waals surface area contributed by atoms with Gasteiger partial charge in [-0.05, 0) is 46.6 Å². The first-order valence-corrected chi connectivity index (χ1v) is 6.25. The Labute approximate surface area is 93.9 Å². The molecule has 2 atom stereocenters. The summed E-state index contributed by atoms with van der Waals surface area (Å²) in [5, 5.41) is 12.8. The lowest BCUT2D eigenvalue weighted by Crippen LogP contribution is -2.42. The number of hydrogen-bond donors (Lipinski definition) is 2. The second kappa shape index (κ2) is 6.46. The third-order valence-corrected chi connectivity index (χ3v) is 3.18. The second-order valence-corrected chi connectivity index (χ2v) is 5.02. The topological polar surface area (TPSA) is 35.5 Å². The van der Waals surface area contributed by atoms with Crippen molar-refractivity contribution in [1.29, 1.82) is 0 Å². The van der Waals surface area contributed by atoms with E-state index in [1.165, 1.54) is 19.4 Å². The molecule has 3 nitrogen and oxygen atoms in total. The van der Waals surface area contributed by atoms with E-state index in [1.807, 2.05) is 6.92 Å². The Hall–Kier alpha value is -0.120. The predicted octanol–water partition coefficient (Wildman–Crippen LogP) is 1.22. The fraction of sp³-hybridized carbons (Fsp3) is 1.00. The Morgan fingerprint density at radius 2 is 2.13 bits per heavy atom. The highest BCUT2D eigenvalue weighted by Crippen LogP contribution is 2.10. The van der Waals surface area contributed by atoms with Gasteiger partial charge in [0, 0.05) is 25.2 Å². The quantitative estimate of drug-likeness (QED) is 0.698. The van der Waals surface area contributed by atoms with Crippen LogP contribution in [0.5, 0.6) is 0 Å². The van der Waals surface area contributed by atoms with Gasteiger partial charge in [0.25, 0.3) is 0 Å². The van der Waals surface area contributed by atoms with Crippen LogP contribution in [0.25, 0.3) is 0 Å². The maximum absolute atomic E-state index is 9.30. The molecule has 0 radical (unpaired) electrons. The van der Waals surface area contributed by atoms with Crippen LogP contribution >= 0.6 is 0 Å². The summed E-state index contributed by atoms with van der Waals surface area (Å²) in [6, 6.07) is 1.24. The molecule has 0 aromatic heterocycles. The summed E-state index contributed by atoms with van der Waals surface area (Å²) in [4.78, 5) is 2.47. The Balaban J connectivity index is 2.29. The van der Waals surface area contributed by atoms with Gasteiger partial charge in [-0.15, -0.1) is 0 Å². The molecule has 90 valence electrons. The van der Waals surface area contributed by atoms with Crippen molar-refractivity contribution < 1.29 is 5.11 Å². The van der Waals surface area contributed by atoms with Crippen molar-refractivity contribution in [2.45, 2.75) is 58.2 Å². The van der Waals surface area contributed by atoms with Gasteiger partial charge < -0.3 is 10.4 Å². The molecule has 2 N–H and O–H groups in total. The Kier molecular flexibility index (Phi) is 5.58. The van der Waals surface area contributed by atoms with Crippen LogP contribution in [0.4, 0.5) is 0 Å². The molecule has 0 bridgehead atoms. The van der Waals surface area contributed by atoms with Crippen LogP contribution in [0.15, 0.2) is 0 Å². The minimum atomic E-state index is -0.178. The molecule has 0 amide bonds. The van der Waals surface area contributed by atoms with E-state index < -0.39 is 0 Å². The lowest BCUT2D eigenvalue weighted by atomic mass is 10.1. The van der Waals surface area contributed by atoms with Gasteiger partial charge in [0.2, 0.25) is 0 Å². The van der Waals surface area contributed by atoms with Crippen LogP contribution in [0.1, 0.15) is 40.0 Å². The fourth-order valence-corrected chi connectivity index (χ4v) is 2.11. The average molecular weight is 214 g/mol. The van der Waals surface area contributed by atoms with E-state index >= 15 is 0 Å². The van der Waals surface area contributed by atoms with Gasteiger partial charge >= 0.3 is 0 Å². The molecular weight excluding hydrogens is 188 g/mol. The Bertz CT molecular complexity index is 165. The molecule has 1 rings (SSSR count). The molecule has 1 heterocycles. The van der Waals surface area contributed by atoms with Gasteiger partial charge in [0.15, 0.2) is 0 Å². The molecule has 0 saturated carbocycles. The summed E-state index contributed by atoms with van der Waals surface area (Å²) in [5.74, 6) is 0. The first-order chi connectivity index (χ1) is 7.09. The predicted molar refractivity (Wildman–Crippen MR) is 64.0 cm³/mol. The van der Waals surface area contributed by atoms with Gasteiger partial charge in [-0.1, -0.05) is 0 Å².